The third kappa shape index (κ3) is 3.73. The van der Waals surface area contributed by atoms with E-state index in [1.54, 1.807) is 24.3 Å². The number of thioether (sulfide) groups is 1. The minimum absolute atomic E-state index is 0.00477. The molecule has 0 atom stereocenters. The summed E-state index contributed by atoms with van der Waals surface area (Å²) in [7, 11) is 0. The van der Waals surface area contributed by atoms with Gasteiger partial charge in [-0.2, -0.15) is 5.26 Å². The number of hydrogen-bond acceptors (Lipinski definition) is 5. The van der Waals surface area contributed by atoms with Crippen molar-refractivity contribution in [3.05, 3.63) is 70.0 Å². The molecule has 0 unspecified atom stereocenters. The van der Waals surface area contributed by atoms with E-state index in [1.807, 2.05) is 43.5 Å². The molecule has 3 rings (SSSR count). The van der Waals surface area contributed by atoms with Gasteiger partial charge in [0.2, 0.25) is 0 Å². The zero-order valence-corrected chi connectivity index (χ0v) is 14.6. The molecule has 6 heteroatoms. The third-order valence-electron chi connectivity index (χ3n) is 3.56. The van der Waals surface area contributed by atoms with Gasteiger partial charge in [-0.3, -0.25) is 4.79 Å². The molecular weight excluding hydrogens is 334 g/mol. The molecule has 0 aliphatic carbocycles. The van der Waals surface area contributed by atoms with E-state index in [9.17, 15) is 10.1 Å². The second-order valence-electron chi connectivity index (χ2n) is 5.35. The SMILES string of the molecule is CSc1nc(-c2ccc(Oc3cccc(C)c3)cc2)c(C#N)c(=O)[nH]1. The van der Waals surface area contributed by atoms with Gasteiger partial charge in [-0.15, -0.1) is 0 Å². The maximum atomic E-state index is 12.0. The summed E-state index contributed by atoms with van der Waals surface area (Å²) in [6.07, 6.45) is 1.81. The monoisotopic (exact) mass is 349 g/mol. The molecule has 0 saturated heterocycles. The Kier molecular flexibility index (Phi) is 4.87. The molecule has 1 aromatic heterocycles. The van der Waals surface area contributed by atoms with Crippen molar-refractivity contribution in [2.24, 2.45) is 0 Å². The molecule has 0 fully saturated rings. The number of aromatic nitrogens is 2. The average Bonchev–Trinajstić information content (AvgIpc) is 2.61. The van der Waals surface area contributed by atoms with Gasteiger partial charge >= 0.3 is 0 Å². The molecule has 0 spiro atoms. The van der Waals surface area contributed by atoms with Crippen LogP contribution in [0.5, 0.6) is 11.5 Å². The molecule has 2 aromatic carbocycles. The van der Waals surface area contributed by atoms with E-state index in [1.165, 1.54) is 11.8 Å². The minimum atomic E-state index is -0.433. The lowest BCUT2D eigenvalue weighted by atomic mass is 10.1. The van der Waals surface area contributed by atoms with Crippen LogP contribution in [0, 0.1) is 18.3 Å². The fraction of sp³-hybridized carbons (Fsp3) is 0.105. The third-order valence-corrected chi connectivity index (χ3v) is 4.14. The first-order valence-electron chi connectivity index (χ1n) is 7.54. The molecule has 1 heterocycles. The first kappa shape index (κ1) is 16.8. The van der Waals surface area contributed by atoms with Crippen LogP contribution in [0.4, 0.5) is 0 Å². The number of ether oxygens (including phenoxy) is 1. The number of rotatable bonds is 4. The van der Waals surface area contributed by atoms with Crippen LogP contribution >= 0.6 is 11.8 Å². The number of hydrogen-bond donors (Lipinski definition) is 1. The van der Waals surface area contributed by atoms with Gasteiger partial charge < -0.3 is 9.72 Å². The Labute approximate surface area is 149 Å². The molecule has 0 amide bonds. The smallest absolute Gasteiger partial charge is 0.270 e. The van der Waals surface area contributed by atoms with Crippen LogP contribution in [0.1, 0.15) is 11.1 Å². The van der Waals surface area contributed by atoms with Crippen molar-refractivity contribution in [1.29, 1.82) is 5.26 Å². The van der Waals surface area contributed by atoms with Gasteiger partial charge in [-0.25, -0.2) is 4.98 Å². The number of nitrogens with one attached hydrogen (secondary N) is 1. The summed E-state index contributed by atoms with van der Waals surface area (Å²) in [6.45, 7) is 2.00. The Hall–Kier alpha value is -3.04. The summed E-state index contributed by atoms with van der Waals surface area (Å²) in [4.78, 5) is 19.0. The molecule has 1 N–H and O–H groups in total. The Balaban J connectivity index is 1.94. The van der Waals surface area contributed by atoms with Gasteiger partial charge in [0.05, 0.1) is 5.69 Å². The molecule has 0 bridgehead atoms. The number of nitrogens with zero attached hydrogens (tertiary/aromatic N) is 2. The zero-order chi connectivity index (χ0) is 17.8. The topological polar surface area (TPSA) is 78.8 Å². The van der Waals surface area contributed by atoms with E-state index in [0.717, 1.165) is 11.3 Å². The highest BCUT2D eigenvalue weighted by Crippen LogP contribution is 2.26. The molecular formula is C19H15N3O2S. The summed E-state index contributed by atoms with van der Waals surface area (Å²) < 4.78 is 5.82. The lowest BCUT2D eigenvalue weighted by Gasteiger charge is -2.08. The standard InChI is InChI=1S/C19H15N3O2S/c1-12-4-3-5-15(10-12)24-14-8-6-13(7-9-14)17-16(11-20)18(23)22-19(21-17)25-2/h3-10H,1-2H3,(H,21,22,23). The van der Waals surface area contributed by atoms with Crippen molar-refractivity contribution >= 4 is 11.8 Å². The second kappa shape index (κ2) is 7.24. The normalized spacial score (nSPS) is 10.3. The van der Waals surface area contributed by atoms with Crippen molar-refractivity contribution < 1.29 is 4.74 Å². The van der Waals surface area contributed by atoms with Gasteiger partial charge in [-0.05, 0) is 55.1 Å². The predicted octanol–water partition coefficient (Wildman–Crippen LogP) is 4.13. The molecule has 124 valence electrons. The molecule has 25 heavy (non-hydrogen) atoms. The zero-order valence-electron chi connectivity index (χ0n) is 13.7. The first-order chi connectivity index (χ1) is 12.1. The van der Waals surface area contributed by atoms with E-state index < -0.39 is 5.56 Å². The Bertz CT molecular complexity index is 1000. The number of aromatic amines is 1. The van der Waals surface area contributed by atoms with Gasteiger partial charge in [0, 0.05) is 5.56 Å². The summed E-state index contributed by atoms with van der Waals surface area (Å²) in [5, 5.41) is 9.73. The van der Waals surface area contributed by atoms with Crippen LogP contribution in [-0.2, 0) is 0 Å². The lowest BCUT2D eigenvalue weighted by Crippen LogP contribution is -2.14. The molecule has 0 radical (unpaired) electrons. The van der Waals surface area contributed by atoms with Crippen LogP contribution in [0.25, 0.3) is 11.3 Å². The fourth-order valence-corrected chi connectivity index (χ4v) is 2.73. The van der Waals surface area contributed by atoms with E-state index in [4.69, 9.17) is 4.74 Å². The summed E-state index contributed by atoms with van der Waals surface area (Å²) in [6, 6.07) is 16.9. The van der Waals surface area contributed by atoms with Gasteiger partial charge in [0.15, 0.2) is 5.16 Å². The largest absolute Gasteiger partial charge is 0.457 e. The van der Waals surface area contributed by atoms with Gasteiger partial charge in [0.25, 0.3) is 5.56 Å². The van der Waals surface area contributed by atoms with E-state index in [2.05, 4.69) is 9.97 Å². The predicted molar refractivity (Wildman–Crippen MR) is 98.0 cm³/mol. The van der Waals surface area contributed by atoms with Crippen LogP contribution in [-0.4, -0.2) is 16.2 Å². The van der Waals surface area contributed by atoms with Gasteiger partial charge in [-0.1, -0.05) is 23.9 Å². The van der Waals surface area contributed by atoms with Crippen molar-refractivity contribution in [2.75, 3.05) is 6.26 Å². The number of aryl methyl sites for hydroxylation is 1. The van der Waals surface area contributed by atoms with Crippen LogP contribution in [0.2, 0.25) is 0 Å². The lowest BCUT2D eigenvalue weighted by molar-refractivity contribution is 0.482. The average molecular weight is 349 g/mol. The molecule has 0 aliphatic heterocycles. The Morgan fingerprint density at radius 3 is 2.56 bits per heavy atom. The summed E-state index contributed by atoms with van der Waals surface area (Å²) in [5.74, 6) is 1.42. The highest BCUT2D eigenvalue weighted by atomic mass is 32.2. The van der Waals surface area contributed by atoms with Gasteiger partial charge in [0.1, 0.15) is 23.1 Å². The first-order valence-corrected chi connectivity index (χ1v) is 8.76. The van der Waals surface area contributed by atoms with E-state index >= 15 is 0 Å². The molecule has 3 aromatic rings. The molecule has 5 nitrogen and oxygen atoms in total. The van der Waals surface area contributed by atoms with E-state index in [0.29, 0.717) is 22.2 Å². The number of benzene rings is 2. The minimum Gasteiger partial charge on any atom is -0.457 e. The van der Waals surface area contributed by atoms with Crippen molar-refractivity contribution in [3.8, 4) is 28.8 Å². The summed E-state index contributed by atoms with van der Waals surface area (Å²) in [5.41, 5.74) is 1.75. The molecule has 0 saturated carbocycles. The van der Waals surface area contributed by atoms with Crippen molar-refractivity contribution in [1.82, 2.24) is 9.97 Å². The highest BCUT2D eigenvalue weighted by Gasteiger charge is 2.13. The van der Waals surface area contributed by atoms with Crippen molar-refractivity contribution in [3.63, 3.8) is 0 Å². The quantitative estimate of drug-likeness (QED) is 0.566. The van der Waals surface area contributed by atoms with Crippen LogP contribution in [0.15, 0.2) is 58.5 Å². The maximum Gasteiger partial charge on any atom is 0.270 e. The van der Waals surface area contributed by atoms with E-state index in [-0.39, 0.29) is 5.56 Å². The Morgan fingerprint density at radius 1 is 1.16 bits per heavy atom. The maximum absolute atomic E-state index is 12.0. The fourth-order valence-electron chi connectivity index (χ4n) is 2.36. The summed E-state index contributed by atoms with van der Waals surface area (Å²) >= 11 is 1.32. The van der Waals surface area contributed by atoms with Crippen molar-refractivity contribution in [2.45, 2.75) is 12.1 Å². The molecule has 0 aliphatic rings. The van der Waals surface area contributed by atoms with Crippen LogP contribution < -0.4 is 10.3 Å². The Morgan fingerprint density at radius 2 is 1.92 bits per heavy atom. The highest BCUT2D eigenvalue weighted by molar-refractivity contribution is 7.98. The number of nitriles is 1. The number of H-pyrrole nitrogens is 1. The van der Waals surface area contributed by atoms with Crippen LogP contribution in [0.3, 0.4) is 0 Å². The second-order valence-corrected chi connectivity index (χ2v) is 6.15.